The van der Waals surface area contributed by atoms with Crippen molar-refractivity contribution in [2.45, 2.75) is 43.4 Å². The van der Waals surface area contributed by atoms with Crippen molar-refractivity contribution in [3.8, 4) is 11.1 Å². The van der Waals surface area contributed by atoms with Crippen molar-refractivity contribution in [2.75, 3.05) is 19.8 Å². The van der Waals surface area contributed by atoms with Crippen LogP contribution in [0.4, 0.5) is 4.79 Å². The van der Waals surface area contributed by atoms with E-state index in [1.54, 1.807) is 0 Å². The van der Waals surface area contributed by atoms with Crippen molar-refractivity contribution >= 4 is 18.0 Å². The number of likely N-dealkylation sites (tertiary alicyclic amines) is 1. The molecular weight excluding hydrogens is 424 g/mol. The molecule has 2 aromatic carbocycles. The van der Waals surface area contributed by atoms with E-state index in [1.165, 1.54) is 4.90 Å². The van der Waals surface area contributed by atoms with E-state index in [9.17, 15) is 19.5 Å². The van der Waals surface area contributed by atoms with Gasteiger partial charge in [0.1, 0.15) is 12.6 Å². The van der Waals surface area contributed by atoms with Crippen LogP contribution in [0, 0.1) is 0 Å². The van der Waals surface area contributed by atoms with Gasteiger partial charge in [0.15, 0.2) is 6.10 Å². The molecule has 33 heavy (non-hydrogen) atoms. The summed E-state index contributed by atoms with van der Waals surface area (Å²) in [7, 11) is 0. The third-order valence-electron chi connectivity index (χ3n) is 6.80. The van der Waals surface area contributed by atoms with E-state index in [2.05, 4.69) is 29.6 Å². The molecule has 8 heteroatoms. The van der Waals surface area contributed by atoms with Crippen molar-refractivity contribution in [2.24, 2.45) is 0 Å². The zero-order valence-electron chi connectivity index (χ0n) is 18.1. The number of carbonyl (C=O) groups excluding carboxylic acids is 2. The Hall–Kier alpha value is -3.39. The average Bonchev–Trinajstić information content (AvgIpc) is 3.55. The predicted octanol–water partition coefficient (Wildman–Crippen LogP) is 2.76. The molecule has 0 spiro atoms. The highest BCUT2D eigenvalue weighted by Crippen LogP contribution is 2.44. The first-order valence-corrected chi connectivity index (χ1v) is 11.3. The van der Waals surface area contributed by atoms with Gasteiger partial charge in [-0.25, -0.2) is 9.59 Å². The molecule has 5 rings (SSSR count). The molecule has 2 aliphatic heterocycles. The number of aliphatic carboxylic acids is 1. The van der Waals surface area contributed by atoms with Crippen molar-refractivity contribution in [1.29, 1.82) is 0 Å². The van der Waals surface area contributed by atoms with Crippen LogP contribution in [0.1, 0.15) is 36.3 Å². The molecule has 3 aliphatic rings. The van der Waals surface area contributed by atoms with Crippen LogP contribution < -0.4 is 5.32 Å². The summed E-state index contributed by atoms with van der Waals surface area (Å²) in [6, 6.07) is 14.8. The lowest BCUT2D eigenvalue weighted by Gasteiger charge is -2.27. The molecule has 1 aliphatic carbocycles. The first kappa shape index (κ1) is 21.5. The van der Waals surface area contributed by atoms with E-state index >= 15 is 0 Å². The average molecular weight is 450 g/mol. The van der Waals surface area contributed by atoms with Gasteiger partial charge < -0.3 is 24.8 Å². The fourth-order valence-corrected chi connectivity index (χ4v) is 5.22. The van der Waals surface area contributed by atoms with Crippen molar-refractivity contribution < 1.29 is 29.0 Å². The maximum absolute atomic E-state index is 12.9. The molecule has 0 aromatic heterocycles. The van der Waals surface area contributed by atoms with E-state index in [4.69, 9.17) is 9.47 Å². The number of rotatable bonds is 5. The van der Waals surface area contributed by atoms with Crippen LogP contribution in [0.3, 0.4) is 0 Å². The lowest BCUT2D eigenvalue weighted by Crippen LogP contribution is -2.52. The molecule has 172 valence electrons. The molecule has 0 saturated carbocycles. The normalized spacial score (nSPS) is 23.8. The maximum atomic E-state index is 12.9. The Morgan fingerprint density at radius 1 is 1.03 bits per heavy atom. The largest absolute Gasteiger partial charge is 0.480 e. The van der Waals surface area contributed by atoms with Gasteiger partial charge in [-0.05, 0) is 41.5 Å². The second-order valence-electron chi connectivity index (χ2n) is 8.68. The van der Waals surface area contributed by atoms with Crippen LogP contribution in [0.15, 0.2) is 48.5 Å². The number of nitrogens with zero attached hydrogens (tertiary/aromatic N) is 1. The van der Waals surface area contributed by atoms with Gasteiger partial charge in [0.25, 0.3) is 5.91 Å². The summed E-state index contributed by atoms with van der Waals surface area (Å²) in [6.45, 7) is 0.878. The third kappa shape index (κ3) is 3.95. The minimum absolute atomic E-state index is 0.0543. The first-order chi connectivity index (χ1) is 16.0. The van der Waals surface area contributed by atoms with Gasteiger partial charge in [-0.15, -0.1) is 0 Å². The van der Waals surface area contributed by atoms with Crippen LogP contribution in [0.25, 0.3) is 11.1 Å². The zero-order valence-corrected chi connectivity index (χ0v) is 18.1. The van der Waals surface area contributed by atoms with Gasteiger partial charge in [-0.1, -0.05) is 48.5 Å². The minimum atomic E-state index is -1.01. The molecule has 8 nitrogen and oxygen atoms in total. The quantitative estimate of drug-likeness (QED) is 0.726. The van der Waals surface area contributed by atoms with Crippen LogP contribution in [-0.4, -0.2) is 65.9 Å². The second-order valence-corrected chi connectivity index (χ2v) is 8.68. The summed E-state index contributed by atoms with van der Waals surface area (Å²) >= 11 is 0. The monoisotopic (exact) mass is 450 g/mol. The van der Waals surface area contributed by atoms with E-state index in [1.807, 2.05) is 24.3 Å². The number of alkyl carbamates (subject to hydrolysis) is 1. The Morgan fingerprint density at radius 3 is 2.36 bits per heavy atom. The highest BCUT2D eigenvalue weighted by molar-refractivity contribution is 5.88. The molecule has 2 heterocycles. The fourth-order valence-electron chi connectivity index (χ4n) is 5.22. The van der Waals surface area contributed by atoms with E-state index in [0.717, 1.165) is 22.3 Å². The summed E-state index contributed by atoms with van der Waals surface area (Å²) in [6.07, 6.45) is 0.0245. The molecule has 2 saturated heterocycles. The topological polar surface area (TPSA) is 105 Å². The van der Waals surface area contributed by atoms with E-state index in [-0.39, 0.29) is 18.4 Å². The zero-order chi connectivity index (χ0) is 22.9. The van der Waals surface area contributed by atoms with Gasteiger partial charge >= 0.3 is 12.1 Å². The Balaban J connectivity index is 1.23. The fraction of sp³-hybridized carbons (Fsp3) is 0.400. The summed E-state index contributed by atoms with van der Waals surface area (Å²) in [5, 5.41) is 12.1. The summed E-state index contributed by atoms with van der Waals surface area (Å²) in [5.74, 6) is -1.46. The van der Waals surface area contributed by atoms with Crippen LogP contribution in [0.5, 0.6) is 0 Å². The van der Waals surface area contributed by atoms with Gasteiger partial charge in [0, 0.05) is 19.1 Å². The Labute approximate surface area is 191 Å². The van der Waals surface area contributed by atoms with Gasteiger partial charge in [-0.2, -0.15) is 0 Å². The molecule has 2 fully saturated rings. The molecule has 0 bridgehead atoms. The SMILES string of the molecule is O=C(N[C@@H]1CCO[C@@H]1C(=O)N1CCC[C@@H]1C(=O)O)OCC1c2ccccc2-c2ccccc21. The molecular formula is C25H26N2O6. The third-order valence-corrected chi connectivity index (χ3v) is 6.80. The molecule has 3 atom stereocenters. The Morgan fingerprint density at radius 2 is 1.70 bits per heavy atom. The number of carboxylic acid groups (broad SMARTS) is 1. The molecule has 0 unspecified atom stereocenters. The van der Waals surface area contributed by atoms with E-state index < -0.39 is 30.3 Å². The van der Waals surface area contributed by atoms with Gasteiger partial charge in [0.2, 0.25) is 0 Å². The number of hydrogen-bond donors (Lipinski definition) is 2. The van der Waals surface area contributed by atoms with Gasteiger partial charge in [-0.3, -0.25) is 4.79 Å². The number of hydrogen-bond acceptors (Lipinski definition) is 5. The van der Waals surface area contributed by atoms with Crippen molar-refractivity contribution in [3.05, 3.63) is 59.7 Å². The molecule has 0 radical (unpaired) electrons. The summed E-state index contributed by atoms with van der Waals surface area (Å²) in [4.78, 5) is 38.4. The summed E-state index contributed by atoms with van der Waals surface area (Å²) < 4.78 is 11.2. The smallest absolute Gasteiger partial charge is 0.407 e. The van der Waals surface area contributed by atoms with Crippen LogP contribution in [-0.2, 0) is 19.1 Å². The number of benzene rings is 2. The van der Waals surface area contributed by atoms with Crippen molar-refractivity contribution in [1.82, 2.24) is 10.2 Å². The lowest BCUT2D eigenvalue weighted by atomic mass is 9.98. The molecule has 2 amide bonds. The van der Waals surface area contributed by atoms with E-state index in [0.29, 0.717) is 32.4 Å². The molecule has 2 N–H and O–H groups in total. The number of carbonyl (C=O) groups is 3. The second kappa shape index (κ2) is 8.86. The Kier molecular flexibility index (Phi) is 5.76. The minimum Gasteiger partial charge on any atom is -0.480 e. The number of fused-ring (bicyclic) bond motifs is 3. The first-order valence-electron chi connectivity index (χ1n) is 11.3. The van der Waals surface area contributed by atoms with Crippen molar-refractivity contribution in [3.63, 3.8) is 0 Å². The maximum Gasteiger partial charge on any atom is 0.407 e. The molecule has 2 aromatic rings. The standard InChI is InChI=1S/C25H26N2O6/c28-23(27-12-5-10-21(27)24(29)30)22-20(11-13-32-22)26-25(31)33-14-19-17-8-3-1-6-15(17)16-7-2-4-9-18(16)19/h1-4,6-9,19-22H,5,10-14H2,(H,26,31)(H,29,30)/t20-,21-,22+/m1/s1. The number of ether oxygens (including phenoxy) is 2. The predicted molar refractivity (Wildman–Crippen MR) is 119 cm³/mol. The lowest BCUT2D eigenvalue weighted by molar-refractivity contribution is -0.152. The van der Waals surface area contributed by atoms with Gasteiger partial charge in [0.05, 0.1) is 6.04 Å². The highest BCUT2D eigenvalue weighted by atomic mass is 16.6. The number of amides is 2. The summed E-state index contributed by atoms with van der Waals surface area (Å²) in [5.41, 5.74) is 4.54. The highest BCUT2D eigenvalue weighted by Gasteiger charge is 2.43. The Bertz CT molecular complexity index is 1040. The number of carboxylic acids is 1. The van der Waals surface area contributed by atoms with Crippen LogP contribution >= 0.6 is 0 Å². The van der Waals surface area contributed by atoms with Crippen LogP contribution in [0.2, 0.25) is 0 Å². The number of nitrogens with one attached hydrogen (secondary N) is 1.